The SMILES string of the molecule is NS(=O)(=O)OC[C@@H]1CC[C@H](Nc2ncncc2C(=O)c2cc(C(O)c3cccc(Cl)c3)cs2)C1. The maximum Gasteiger partial charge on any atom is 0.333 e. The van der Waals surface area contributed by atoms with Gasteiger partial charge in [0.25, 0.3) is 0 Å². The first-order valence-corrected chi connectivity index (χ1v) is 13.2. The molecule has 0 amide bonds. The molecule has 1 aromatic carbocycles. The lowest BCUT2D eigenvalue weighted by Gasteiger charge is -2.15. The lowest BCUT2D eigenvalue weighted by molar-refractivity contribution is 0.104. The molecule has 1 aliphatic carbocycles. The van der Waals surface area contributed by atoms with E-state index in [0.717, 1.165) is 12.8 Å². The minimum atomic E-state index is -3.97. The summed E-state index contributed by atoms with van der Waals surface area (Å²) in [6.45, 7) is 0.0273. The van der Waals surface area contributed by atoms with E-state index in [9.17, 15) is 18.3 Å². The van der Waals surface area contributed by atoms with Gasteiger partial charge in [-0.1, -0.05) is 23.7 Å². The van der Waals surface area contributed by atoms with Crippen molar-refractivity contribution in [2.45, 2.75) is 31.4 Å². The van der Waals surface area contributed by atoms with E-state index in [1.165, 1.54) is 23.9 Å². The van der Waals surface area contributed by atoms with Crippen molar-refractivity contribution in [1.29, 1.82) is 0 Å². The third-order valence-electron chi connectivity index (χ3n) is 5.63. The second-order valence-electron chi connectivity index (χ2n) is 8.11. The number of hydrogen-bond donors (Lipinski definition) is 3. The molecule has 4 N–H and O–H groups in total. The lowest BCUT2D eigenvalue weighted by Crippen LogP contribution is -2.22. The number of aliphatic hydroxyl groups is 1. The molecule has 3 aromatic rings. The van der Waals surface area contributed by atoms with Crippen LogP contribution in [-0.4, -0.2) is 41.9 Å². The van der Waals surface area contributed by atoms with Crippen LogP contribution in [0.2, 0.25) is 5.02 Å². The Balaban J connectivity index is 1.45. The fourth-order valence-electron chi connectivity index (χ4n) is 3.97. The number of carbonyl (C=O) groups is 1. The first-order valence-electron chi connectivity index (χ1n) is 10.5. The third-order valence-corrected chi connectivity index (χ3v) is 7.28. The van der Waals surface area contributed by atoms with Crippen LogP contribution in [0.25, 0.3) is 0 Å². The Labute approximate surface area is 206 Å². The van der Waals surface area contributed by atoms with Crippen molar-refractivity contribution in [2.75, 3.05) is 11.9 Å². The van der Waals surface area contributed by atoms with Crippen molar-refractivity contribution in [3.05, 3.63) is 74.8 Å². The highest BCUT2D eigenvalue weighted by molar-refractivity contribution is 7.84. The molecule has 9 nitrogen and oxygen atoms in total. The number of thiophene rings is 1. The molecule has 0 bridgehead atoms. The summed E-state index contributed by atoms with van der Waals surface area (Å²) in [5.74, 6) is 0.178. The zero-order valence-corrected chi connectivity index (χ0v) is 20.3. The van der Waals surface area contributed by atoms with E-state index in [-0.39, 0.29) is 24.3 Å². The van der Waals surface area contributed by atoms with E-state index in [0.29, 0.717) is 38.8 Å². The monoisotopic (exact) mass is 522 g/mol. The Morgan fingerprint density at radius 1 is 1.32 bits per heavy atom. The number of nitrogens with two attached hydrogens (primary N) is 1. The summed E-state index contributed by atoms with van der Waals surface area (Å²) in [5.41, 5.74) is 1.55. The molecule has 1 fully saturated rings. The molecule has 12 heteroatoms. The first kappa shape index (κ1) is 24.7. The van der Waals surface area contributed by atoms with Crippen LogP contribution in [0.4, 0.5) is 5.82 Å². The highest BCUT2D eigenvalue weighted by atomic mass is 35.5. The Bertz CT molecular complexity index is 1280. The Morgan fingerprint density at radius 2 is 2.15 bits per heavy atom. The topological polar surface area (TPSA) is 144 Å². The van der Waals surface area contributed by atoms with Crippen LogP contribution < -0.4 is 10.5 Å². The number of hydrogen-bond acceptors (Lipinski definition) is 9. The molecule has 0 spiro atoms. The van der Waals surface area contributed by atoms with Gasteiger partial charge in [-0.3, -0.25) is 8.98 Å². The summed E-state index contributed by atoms with van der Waals surface area (Å²) in [6, 6.07) is 8.59. The molecule has 0 radical (unpaired) electrons. The van der Waals surface area contributed by atoms with Crippen molar-refractivity contribution in [1.82, 2.24) is 9.97 Å². The van der Waals surface area contributed by atoms with Crippen LogP contribution in [0.5, 0.6) is 0 Å². The second kappa shape index (κ2) is 10.5. The van der Waals surface area contributed by atoms with E-state index in [1.807, 2.05) is 0 Å². The molecule has 34 heavy (non-hydrogen) atoms. The Hall–Kier alpha value is -2.41. The van der Waals surface area contributed by atoms with Crippen molar-refractivity contribution >= 4 is 44.8 Å². The van der Waals surface area contributed by atoms with Crippen LogP contribution in [0.15, 0.2) is 48.2 Å². The van der Waals surface area contributed by atoms with Gasteiger partial charge in [0, 0.05) is 17.3 Å². The molecule has 1 aliphatic rings. The number of rotatable bonds is 9. The summed E-state index contributed by atoms with van der Waals surface area (Å²) < 4.78 is 26.7. The number of benzene rings is 1. The maximum atomic E-state index is 13.2. The van der Waals surface area contributed by atoms with Crippen LogP contribution in [0.3, 0.4) is 0 Å². The number of halogens is 1. The highest BCUT2D eigenvalue weighted by Gasteiger charge is 2.28. The minimum Gasteiger partial charge on any atom is -0.384 e. The van der Waals surface area contributed by atoms with Gasteiger partial charge in [-0.05, 0) is 59.9 Å². The maximum absolute atomic E-state index is 13.2. The van der Waals surface area contributed by atoms with Gasteiger partial charge in [0.2, 0.25) is 5.78 Å². The van der Waals surface area contributed by atoms with Gasteiger partial charge in [0.1, 0.15) is 18.2 Å². The molecule has 180 valence electrons. The van der Waals surface area contributed by atoms with Gasteiger partial charge in [0.05, 0.1) is 17.0 Å². The van der Waals surface area contributed by atoms with Crippen molar-refractivity contribution in [3.63, 3.8) is 0 Å². The number of carbonyl (C=O) groups excluding carboxylic acids is 1. The van der Waals surface area contributed by atoms with Crippen molar-refractivity contribution in [3.8, 4) is 0 Å². The van der Waals surface area contributed by atoms with Gasteiger partial charge in [-0.2, -0.15) is 8.42 Å². The van der Waals surface area contributed by atoms with Crippen LogP contribution in [-0.2, 0) is 14.5 Å². The fourth-order valence-corrected chi connectivity index (χ4v) is 5.43. The predicted octanol–water partition coefficient (Wildman–Crippen LogP) is 3.30. The van der Waals surface area contributed by atoms with Crippen LogP contribution in [0, 0.1) is 5.92 Å². The molecule has 3 atom stereocenters. The quantitative estimate of drug-likeness (QED) is 0.363. The number of nitrogens with one attached hydrogen (secondary N) is 1. The summed E-state index contributed by atoms with van der Waals surface area (Å²) >= 11 is 7.25. The van der Waals surface area contributed by atoms with Crippen LogP contribution in [0.1, 0.15) is 51.7 Å². The molecular formula is C22H23ClN4O5S2. The van der Waals surface area contributed by atoms with Gasteiger partial charge < -0.3 is 10.4 Å². The second-order valence-corrected chi connectivity index (χ2v) is 10.7. The number of anilines is 1. The lowest BCUT2D eigenvalue weighted by atomic mass is 10.0. The largest absolute Gasteiger partial charge is 0.384 e. The van der Waals surface area contributed by atoms with Gasteiger partial charge in [0.15, 0.2) is 0 Å². The smallest absolute Gasteiger partial charge is 0.333 e. The normalized spacial score (nSPS) is 19.1. The first-order chi connectivity index (χ1) is 16.2. The van der Waals surface area contributed by atoms with Crippen molar-refractivity contribution < 1.29 is 22.5 Å². The predicted molar refractivity (Wildman–Crippen MR) is 129 cm³/mol. The standard InChI is InChI=1S/C22H23ClN4O5S2/c23-16-3-1-2-14(7-16)20(28)15-8-19(33-11-15)21(29)18-9-25-12-26-22(18)27-17-5-4-13(6-17)10-32-34(24,30)31/h1-3,7-9,11-13,17,20,28H,4-6,10H2,(H2,24,30,31)(H,25,26,27)/t13-,17+,20?/m1/s1. The minimum absolute atomic E-state index is 0.000855. The summed E-state index contributed by atoms with van der Waals surface area (Å²) in [7, 11) is -3.97. The number of aromatic nitrogens is 2. The zero-order valence-electron chi connectivity index (χ0n) is 17.9. The van der Waals surface area contributed by atoms with Gasteiger partial charge >= 0.3 is 10.3 Å². The molecule has 2 aromatic heterocycles. The molecule has 0 saturated heterocycles. The number of nitrogens with zero attached hydrogens (tertiary/aromatic N) is 2. The molecule has 2 heterocycles. The average molecular weight is 523 g/mol. The summed E-state index contributed by atoms with van der Waals surface area (Å²) in [5, 5.41) is 21.1. The van der Waals surface area contributed by atoms with Gasteiger partial charge in [-0.15, -0.1) is 11.3 Å². The molecule has 1 unspecified atom stereocenters. The number of aliphatic hydroxyl groups excluding tert-OH is 1. The van der Waals surface area contributed by atoms with E-state index in [1.54, 1.807) is 35.7 Å². The Morgan fingerprint density at radius 3 is 2.91 bits per heavy atom. The van der Waals surface area contributed by atoms with Crippen molar-refractivity contribution in [2.24, 2.45) is 11.1 Å². The van der Waals surface area contributed by atoms with E-state index in [2.05, 4.69) is 15.3 Å². The molecule has 0 aliphatic heterocycles. The fraction of sp³-hybridized carbons (Fsp3) is 0.318. The summed E-state index contributed by atoms with van der Waals surface area (Å²) in [6.07, 6.45) is 4.10. The van der Waals surface area contributed by atoms with E-state index >= 15 is 0 Å². The molecular weight excluding hydrogens is 500 g/mol. The highest BCUT2D eigenvalue weighted by Crippen LogP contribution is 2.32. The molecule has 4 rings (SSSR count). The average Bonchev–Trinajstić information content (AvgIpc) is 3.47. The zero-order chi connectivity index (χ0) is 24.3. The van der Waals surface area contributed by atoms with E-state index in [4.69, 9.17) is 20.9 Å². The third kappa shape index (κ3) is 6.17. The van der Waals surface area contributed by atoms with Gasteiger partial charge in [-0.25, -0.2) is 15.1 Å². The molecule has 1 saturated carbocycles. The van der Waals surface area contributed by atoms with Crippen LogP contribution >= 0.6 is 22.9 Å². The summed E-state index contributed by atoms with van der Waals surface area (Å²) in [4.78, 5) is 21.9. The number of ketones is 1. The van der Waals surface area contributed by atoms with E-state index < -0.39 is 16.4 Å². The Kier molecular flexibility index (Phi) is 7.60.